The van der Waals surface area contributed by atoms with E-state index in [9.17, 15) is 4.79 Å². The lowest BCUT2D eigenvalue weighted by Crippen LogP contribution is -2.39. The van der Waals surface area contributed by atoms with Gasteiger partial charge in [-0.2, -0.15) is 4.57 Å². The molecule has 0 spiro atoms. The fourth-order valence-electron chi connectivity index (χ4n) is 3.51. The van der Waals surface area contributed by atoms with Gasteiger partial charge in [0.15, 0.2) is 12.4 Å². The Labute approximate surface area is 148 Å². The van der Waals surface area contributed by atoms with Crippen LogP contribution in [0.2, 0.25) is 0 Å². The number of carbonyl (C=O) groups is 1. The van der Waals surface area contributed by atoms with Gasteiger partial charge in [-0.15, -0.1) is 0 Å². The van der Waals surface area contributed by atoms with Gasteiger partial charge in [-0.3, -0.25) is 4.79 Å². The predicted molar refractivity (Wildman–Crippen MR) is 99.2 cm³/mol. The predicted octanol–water partition coefficient (Wildman–Crippen LogP) is 3.77. The van der Waals surface area contributed by atoms with Crippen molar-refractivity contribution in [3.63, 3.8) is 0 Å². The molecule has 3 nitrogen and oxygen atoms in total. The number of nitrogens with one attached hydrogen (secondary N) is 1. The Morgan fingerprint density at radius 3 is 2.64 bits per heavy atom. The first-order chi connectivity index (χ1) is 12.3. The van der Waals surface area contributed by atoms with Crippen molar-refractivity contribution in [2.75, 3.05) is 5.32 Å². The standard InChI is InChI=1S/C22H20N2O/c25-22(23-21-13-5-10-18-9-4-12-20(18)21)16-24-14-6-11-19(15-24)17-7-2-1-3-8-17/h1-3,5-8,10-11,13-15H,4,9,12,16H2/p+1. The number of rotatable bonds is 4. The fraction of sp³-hybridized carbons (Fsp3) is 0.182. The second-order valence-corrected chi connectivity index (χ2v) is 6.48. The second kappa shape index (κ2) is 6.89. The van der Waals surface area contributed by atoms with Crippen molar-refractivity contribution >= 4 is 11.6 Å². The Hall–Kier alpha value is -2.94. The van der Waals surface area contributed by atoms with Gasteiger partial charge in [0.1, 0.15) is 0 Å². The smallest absolute Gasteiger partial charge is 0.290 e. The summed E-state index contributed by atoms with van der Waals surface area (Å²) in [5, 5.41) is 3.09. The largest absolute Gasteiger partial charge is 0.320 e. The molecule has 3 heteroatoms. The topological polar surface area (TPSA) is 33.0 Å². The zero-order valence-corrected chi connectivity index (χ0v) is 14.1. The number of aromatic nitrogens is 1. The van der Waals surface area contributed by atoms with E-state index in [4.69, 9.17) is 0 Å². The van der Waals surface area contributed by atoms with Crippen LogP contribution in [-0.2, 0) is 24.2 Å². The summed E-state index contributed by atoms with van der Waals surface area (Å²) in [6, 6.07) is 20.5. The summed E-state index contributed by atoms with van der Waals surface area (Å²) >= 11 is 0. The minimum absolute atomic E-state index is 0.00973. The van der Waals surface area contributed by atoms with E-state index in [-0.39, 0.29) is 5.91 Å². The first-order valence-electron chi connectivity index (χ1n) is 8.75. The highest BCUT2D eigenvalue weighted by Gasteiger charge is 2.17. The molecule has 1 N–H and O–H groups in total. The van der Waals surface area contributed by atoms with E-state index < -0.39 is 0 Å². The molecular formula is C22H21N2O+. The zero-order chi connectivity index (χ0) is 17.1. The number of nitrogens with zero attached hydrogens (tertiary/aromatic N) is 1. The molecule has 0 saturated heterocycles. The van der Waals surface area contributed by atoms with Crippen LogP contribution in [0.3, 0.4) is 0 Å². The van der Waals surface area contributed by atoms with Crippen LogP contribution in [0.5, 0.6) is 0 Å². The third-order valence-corrected chi connectivity index (χ3v) is 4.71. The molecule has 1 heterocycles. The maximum atomic E-state index is 12.5. The van der Waals surface area contributed by atoms with Crippen molar-refractivity contribution in [1.29, 1.82) is 0 Å². The van der Waals surface area contributed by atoms with E-state index in [2.05, 4.69) is 29.6 Å². The number of carbonyl (C=O) groups excluding carboxylic acids is 1. The number of benzene rings is 2. The number of anilines is 1. The van der Waals surface area contributed by atoms with Gasteiger partial charge in [-0.05, 0) is 48.1 Å². The molecule has 124 valence electrons. The van der Waals surface area contributed by atoms with Gasteiger partial charge in [-0.1, -0.05) is 42.5 Å². The summed E-state index contributed by atoms with van der Waals surface area (Å²) in [4.78, 5) is 12.5. The molecule has 0 atom stereocenters. The van der Waals surface area contributed by atoms with Crippen molar-refractivity contribution < 1.29 is 9.36 Å². The minimum atomic E-state index is 0.00973. The summed E-state index contributed by atoms with van der Waals surface area (Å²) in [6.45, 7) is 0.310. The number of pyridine rings is 1. The first kappa shape index (κ1) is 15.6. The summed E-state index contributed by atoms with van der Waals surface area (Å²) < 4.78 is 1.93. The molecule has 0 radical (unpaired) electrons. The first-order valence-corrected chi connectivity index (χ1v) is 8.75. The Morgan fingerprint density at radius 2 is 1.76 bits per heavy atom. The summed E-state index contributed by atoms with van der Waals surface area (Å²) in [5.41, 5.74) is 5.91. The molecular weight excluding hydrogens is 308 g/mol. The monoisotopic (exact) mass is 329 g/mol. The highest BCUT2D eigenvalue weighted by atomic mass is 16.1. The van der Waals surface area contributed by atoms with Crippen LogP contribution in [0.25, 0.3) is 11.1 Å². The Balaban J connectivity index is 1.49. The molecule has 1 amide bonds. The average molecular weight is 329 g/mol. The second-order valence-electron chi connectivity index (χ2n) is 6.48. The van der Waals surface area contributed by atoms with Crippen molar-refractivity contribution in [3.05, 3.63) is 84.2 Å². The van der Waals surface area contributed by atoms with E-state index >= 15 is 0 Å². The van der Waals surface area contributed by atoms with Gasteiger partial charge in [0.05, 0.1) is 0 Å². The Kier molecular flexibility index (Phi) is 4.30. The molecule has 0 bridgehead atoms. The third-order valence-electron chi connectivity index (χ3n) is 4.71. The summed E-state index contributed by atoms with van der Waals surface area (Å²) in [5.74, 6) is 0.00973. The maximum Gasteiger partial charge on any atom is 0.290 e. The lowest BCUT2D eigenvalue weighted by molar-refractivity contribution is -0.683. The highest BCUT2D eigenvalue weighted by Crippen LogP contribution is 2.28. The van der Waals surface area contributed by atoms with Crippen molar-refractivity contribution in [2.24, 2.45) is 0 Å². The molecule has 0 saturated carbocycles. The number of amides is 1. The molecule has 3 aromatic rings. The lowest BCUT2D eigenvalue weighted by Gasteiger charge is -2.09. The Morgan fingerprint density at radius 1 is 0.920 bits per heavy atom. The van der Waals surface area contributed by atoms with Gasteiger partial charge < -0.3 is 5.32 Å². The fourth-order valence-corrected chi connectivity index (χ4v) is 3.51. The SMILES string of the molecule is O=C(C[n+]1cccc(-c2ccccc2)c1)Nc1cccc2c1CCC2. The van der Waals surface area contributed by atoms with Crippen molar-refractivity contribution in [3.8, 4) is 11.1 Å². The van der Waals surface area contributed by atoms with Crippen LogP contribution >= 0.6 is 0 Å². The Bertz CT molecular complexity index is 903. The normalized spacial score (nSPS) is 12.6. The third kappa shape index (κ3) is 3.45. The van der Waals surface area contributed by atoms with Gasteiger partial charge >= 0.3 is 0 Å². The van der Waals surface area contributed by atoms with Gasteiger partial charge in [-0.25, -0.2) is 0 Å². The van der Waals surface area contributed by atoms with Gasteiger partial charge in [0.25, 0.3) is 5.91 Å². The number of aryl methyl sites for hydroxylation is 1. The van der Waals surface area contributed by atoms with E-state index in [0.717, 1.165) is 29.7 Å². The van der Waals surface area contributed by atoms with Crippen molar-refractivity contribution in [2.45, 2.75) is 25.8 Å². The number of hydrogen-bond donors (Lipinski definition) is 1. The molecule has 1 aliphatic rings. The van der Waals surface area contributed by atoms with E-state index in [1.54, 1.807) is 0 Å². The molecule has 1 aromatic heterocycles. The van der Waals surface area contributed by atoms with Crippen LogP contribution in [0.4, 0.5) is 5.69 Å². The van der Waals surface area contributed by atoms with Crippen molar-refractivity contribution in [1.82, 2.24) is 0 Å². The van der Waals surface area contributed by atoms with Crippen LogP contribution in [0.1, 0.15) is 17.5 Å². The molecule has 2 aromatic carbocycles. The van der Waals surface area contributed by atoms with Crippen LogP contribution in [0, 0.1) is 0 Å². The lowest BCUT2D eigenvalue weighted by atomic mass is 10.1. The van der Waals surface area contributed by atoms with Gasteiger partial charge in [0.2, 0.25) is 6.54 Å². The zero-order valence-electron chi connectivity index (χ0n) is 14.1. The van der Waals surface area contributed by atoms with Gasteiger partial charge in [0, 0.05) is 17.3 Å². The molecule has 0 unspecified atom stereocenters. The molecule has 1 aliphatic carbocycles. The average Bonchev–Trinajstić information content (AvgIpc) is 3.12. The minimum Gasteiger partial charge on any atom is -0.320 e. The van der Waals surface area contributed by atoms with E-state index in [1.165, 1.54) is 17.5 Å². The quantitative estimate of drug-likeness (QED) is 0.726. The van der Waals surface area contributed by atoms with E-state index in [0.29, 0.717) is 6.54 Å². The highest BCUT2D eigenvalue weighted by molar-refractivity contribution is 5.90. The molecule has 25 heavy (non-hydrogen) atoms. The molecule has 0 fully saturated rings. The number of hydrogen-bond acceptors (Lipinski definition) is 1. The summed E-state index contributed by atoms with van der Waals surface area (Å²) in [6.07, 6.45) is 7.30. The molecule has 4 rings (SSSR count). The van der Waals surface area contributed by atoms with Crippen LogP contribution in [-0.4, -0.2) is 5.91 Å². The number of fused-ring (bicyclic) bond motifs is 1. The molecule has 0 aliphatic heterocycles. The van der Waals surface area contributed by atoms with E-state index in [1.807, 2.05) is 53.4 Å². The summed E-state index contributed by atoms with van der Waals surface area (Å²) in [7, 11) is 0. The van der Waals surface area contributed by atoms with Crippen LogP contribution < -0.4 is 9.88 Å². The van der Waals surface area contributed by atoms with Crippen LogP contribution in [0.15, 0.2) is 73.1 Å². The maximum absolute atomic E-state index is 12.5.